The van der Waals surface area contributed by atoms with Crippen LogP contribution in [0.25, 0.3) is 6.08 Å². The quantitative estimate of drug-likeness (QED) is 0.552. The van der Waals surface area contributed by atoms with Crippen LogP contribution >= 0.6 is 0 Å². The first-order valence-electron chi connectivity index (χ1n) is 8.80. The van der Waals surface area contributed by atoms with Crippen LogP contribution in [0.1, 0.15) is 30.1 Å². The minimum Gasteiger partial charge on any atom is -0.444 e. The zero-order valence-electron chi connectivity index (χ0n) is 14.9. The van der Waals surface area contributed by atoms with Crippen molar-refractivity contribution in [3.05, 3.63) is 71.8 Å². The lowest BCUT2D eigenvalue weighted by Gasteiger charge is -2.17. The van der Waals surface area contributed by atoms with Crippen molar-refractivity contribution in [3.63, 3.8) is 0 Å². The van der Waals surface area contributed by atoms with Gasteiger partial charge in [-0.2, -0.15) is 8.78 Å². The number of alkyl halides is 2. The van der Waals surface area contributed by atoms with Crippen molar-refractivity contribution < 1.29 is 27.8 Å². The molecular weight excluding hydrogens is 368 g/mol. The highest BCUT2D eigenvalue weighted by atomic mass is 19.3. The zero-order chi connectivity index (χ0) is 19.9. The Labute approximate surface area is 161 Å². The Morgan fingerprint density at radius 2 is 1.71 bits per heavy atom. The van der Waals surface area contributed by atoms with E-state index in [0.717, 1.165) is 12.8 Å². The van der Waals surface area contributed by atoms with Crippen LogP contribution in [0.3, 0.4) is 0 Å². The molecule has 3 rings (SSSR count). The molecule has 0 aliphatic heterocycles. The number of benzene rings is 2. The van der Waals surface area contributed by atoms with E-state index in [2.05, 4.69) is 10.1 Å². The maximum atomic E-state index is 12.4. The average Bonchev–Trinajstić information content (AvgIpc) is 3.49. The smallest absolute Gasteiger partial charge is 0.387 e. The van der Waals surface area contributed by atoms with Gasteiger partial charge in [-0.15, -0.1) is 0 Å². The Hall–Kier alpha value is -3.22. The summed E-state index contributed by atoms with van der Waals surface area (Å²) in [6.07, 6.45) is 3.46. The van der Waals surface area contributed by atoms with E-state index in [1.54, 1.807) is 24.3 Å². The second kappa shape index (κ2) is 9.12. The number of carbonyl (C=O) groups is 2. The van der Waals surface area contributed by atoms with Gasteiger partial charge in [0.15, 0.2) is 0 Å². The lowest BCUT2D eigenvalue weighted by molar-refractivity contribution is -0.151. The van der Waals surface area contributed by atoms with E-state index in [-0.39, 0.29) is 17.7 Å². The van der Waals surface area contributed by atoms with Gasteiger partial charge in [-0.05, 0) is 36.6 Å². The van der Waals surface area contributed by atoms with Crippen molar-refractivity contribution in [3.8, 4) is 5.75 Å². The molecule has 1 unspecified atom stereocenters. The summed E-state index contributed by atoms with van der Waals surface area (Å²) in [5.41, 5.74) is 1.17. The number of ether oxygens (including phenoxy) is 2. The van der Waals surface area contributed by atoms with Crippen molar-refractivity contribution in [2.45, 2.75) is 31.6 Å². The third-order valence-electron chi connectivity index (χ3n) is 4.02. The Morgan fingerprint density at radius 3 is 2.32 bits per heavy atom. The van der Waals surface area contributed by atoms with Crippen LogP contribution in [-0.4, -0.2) is 24.5 Å². The van der Waals surface area contributed by atoms with E-state index in [0.29, 0.717) is 11.1 Å². The second-order valence-corrected chi connectivity index (χ2v) is 6.29. The fourth-order valence-electron chi connectivity index (χ4n) is 2.49. The minimum absolute atomic E-state index is 0.0237. The topological polar surface area (TPSA) is 64.6 Å². The molecule has 1 atom stereocenters. The van der Waals surface area contributed by atoms with Crippen LogP contribution in [-0.2, 0) is 14.3 Å². The summed E-state index contributed by atoms with van der Waals surface area (Å²) in [7, 11) is 0. The van der Waals surface area contributed by atoms with E-state index in [9.17, 15) is 18.4 Å². The molecule has 5 nitrogen and oxygen atoms in total. The van der Waals surface area contributed by atoms with Crippen LogP contribution in [0.5, 0.6) is 5.75 Å². The van der Waals surface area contributed by atoms with E-state index in [4.69, 9.17) is 4.74 Å². The average molecular weight is 387 g/mol. The van der Waals surface area contributed by atoms with Crippen LogP contribution < -0.4 is 10.1 Å². The number of carbonyl (C=O) groups excluding carboxylic acids is 2. The van der Waals surface area contributed by atoms with Gasteiger partial charge in [-0.1, -0.05) is 42.5 Å². The molecule has 1 saturated carbocycles. The number of esters is 1. The number of hydrogen-bond donors (Lipinski definition) is 1. The molecule has 1 N–H and O–H groups in total. The maximum absolute atomic E-state index is 12.4. The highest BCUT2D eigenvalue weighted by Crippen LogP contribution is 2.23. The molecule has 1 aliphatic carbocycles. The van der Waals surface area contributed by atoms with Gasteiger partial charge in [0.1, 0.15) is 5.75 Å². The van der Waals surface area contributed by atoms with E-state index >= 15 is 0 Å². The van der Waals surface area contributed by atoms with Crippen LogP contribution in [0.4, 0.5) is 8.78 Å². The first kappa shape index (κ1) is 19.5. The van der Waals surface area contributed by atoms with Crippen molar-refractivity contribution in [2.75, 3.05) is 0 Å². The van der Waals surface area contributed by atoms with Crippen molar-refractivity contribution in [1.82, 2.24) is 5.32 Å². The Kier molecular flexibility index (Phi) is 6.37. The summed E-state index contributed by atoms with van der Waals surface area (Å²) in [5.74, 6) is -1.02. The summed E-state index contributed by atoms with van der Waals surface area (Å²) in [6, 6.07) is 14.7. The second-order valence-electron chi connectivity index (χ2n) is 6.29. The fourth-order valence-corrected chi connectivity index (χ4v) is 2.49. The molecule has 1 aliphatic rings. The Balaban J connectivity index is 1.64. The van der Waals surface area contributed by atoms with E-state index in [1.807, 2.05) is 6.07 Å². The first-order valence-corrected chi connectivity index (χ1v) is 8.80. The van der Waals surface area contributed by atoms with Gasteiger partial charge >= 0.3 is 12.6 Å². The van der Waals surface area contributed by atoms with Crippen molar-refractivity contribution in [2.24, 2.45) is 0 Å². The van der Waals surface area contributed by atoms with Gasteiger partial charge in [-0.3, -0.25) is 4.79 Å². The molecule has 1 amide bonds. The SMILES string of the molecule is O=C(/C=C/c1ccc(OC(F)F)cc1)OC(C(=O)NC1CC1)c1ccccc1. The molecular formula is C21H19F2NO4. The number of nitrogens with one attached hydrogen (secondary N) is 1. The largest absolute Gasteiger partial charge is 0.444 e. The first-order chi connectivity index (χ1) is 13.5. The summed E-state index contributed by atoms with van der Waals surface area (Å²) in [4.78, 5) is 24.6. The molecule has 28 heavy (non-hydrogen) atoms. The molecule has 0 bridgehead atoms. The predicted molar refractivity (Wildman–Crippen MR) is 98.5 cm³/mol. The summed E-state index contributed by atoms with van der Waals surface area (Å²) in [5, 5.41) is 2.84. The highest BCUT2D eigenvalue weighted by molar-refractivity contribution is 5.91. The van der Waals surface area contributed by atoms with Crippen LogP contribution in [0.15, 0.2) is 60.7 Å². The zero-order valence-corrected chi connectivity index (χ0v) is 14.9. The lowest BCUT2D eigenvalue weighted by Crippen LogP contribution is -2.33. The lowest BCUT2D eigenvalue weighted by atomic mass is 10.1. The molecule has 0 heterocycles. The normalized spacial score (nSPS) is 14.7. The summed E-state index contributed by atoms with van der Waals surface area (Å²) < 4.78 is 33.9. The summed E-state index contributed by atoms with van der Waals surface area (Å²) >= 11 is 0. The van der Waals surface area contributed by atoms with Crippen molar-refractivity contribution >= 4 is 18.0 Å². The molecule has 1 fully saturated rings. The molecule has 0 aromatic heterocycles. The van der Waals surface area contributed by atoms with Gasteiger partial charge in [0, 0.05) is 17.7 Å². The number of amides is 1. The third kappa shape index (κ3) is 5.90. The van der Waals surface area contributed by atoms with E-state index < -0.39 is 18.7 Å². The number of hydrogen-bond acceptors (Lipinski definition) is 4. The Morgan fingerprint density at radius 1 is 1.04 bits per heavy atom. The molecule has 0 saturated heterocycles. The van der Waals surface area contributed by atoms with Gasteiger partial charge < -0.3 is 14.8 Å². The number of rotatable bonds is 8. The fraction of sp³-hybridized carbons (Fsp3) is 0.238. The summed E-state index contributed by atoms with van der Waals surface area (Å²) in [6.45, 7) is -2.90. The minimum atomic E-state index is -2.90. The van der Waals surface area contributed by atoms with Gasteiger partial charge in [0.05, 0.1) is 0 Å². The molecule has 2 aromatic carbocycles. The molecule has 146 valence electrons. The van der Waals surface area contributed by atoms with Gasteiger partial charge in [0.25, 0.3) is 5.91 Å². The molecule has 7 heteroatoms. The van der Waals surface area contributed by atoms with E-state index in [1.165, 1.54) is 36.4 Å². The monoisotopic (exact) mass is 387 g/mol. The molecule has 2 aromatic rings. The third-order valence-corrected chi connectivity index (χ3v) is 4.02. The standard InChI is InChI=1S/C21H19F2NO4/c22-21(23)27-17-11-6-14(7-12-17)8-13-18(25)28-19(15-4-2-1-3-5-15)20(26)24-16-9-10-16/h1-8,11-13,16,19,21H,9-10H2,(H,24,26)/b13-8+. The Bertz CT molecular complexity index is 833. The maximum Gasteiger partial charge on any atom is 0.387 e. The molecule has 0 spiro atoms. The van der Waals surface area contributed by atoms with Gasteiger partial charge in [-0.25, -0.2) is 4.79 Å². The van der Waals surface area contributed by atoms with Gasteiger partial charge in [0.2, 0.25) is 6.10 Å². The highest BCUT2D eigenvalue weighted by Gasteiger charge is 2.30. The van der Waals surface area contributed by atoms with Crippen LogP contribution in [0.2, 0.25) is 0 Å². The van der Waals surface area contributed by atoms with Crippen molar-refractivity contribution in [1.29, 1.82) is 0 Å². The number of halogens is 2. The molecule has 0 radical (unpaired) electrons. The van der Waals surface area contributed by atoms with Crippen LogP contribution in [0, 0.1) is 0 Å². The predicted octanol–water partition coefficient (Wildman–Crippen LogP) is 3.86.